The molecular weight excluding hydrogens is 221 g/mol. The molecule has 16 heavy (non-hydrogen) atoms. The standard InChI is InChI=1S/C12H24NO2P/c14-12(15)11-9-7-5-3-1-2-4-6-8-10-13(11)16/h11H,1-10,16H2,(H,14,15)/t11-/m0/s1. The van der Waals surface area contributed by atoms with Crippen LogP contribution in [0.1, 0.15) is 57.8 Å². The Morgan fingerprint density at radius 2 is 1.50 bits per heavy atom. The minimum Gasteiger partial charge on any atom is -0.480 e. The highest BCUT2D eigenvalue weighted by molar-refractivity contribution is 7.13. The molecule has 94 valence electrons. The summed E-state index contributed by atoms with van der Waals surface area (Å²) in [5.41, 5.74) is 0. The highest BCUT2D eigenvalue weighted by Crippen LogP contribution is 2.19. The summed E-state index contributed by atoms with van der Waals surface area (Å²) >= 11 is 0. The van der Waals surface area contributed by atoms with E-state index in [0.717, 1.165) is 25.8 Å². The number of aliphatic carboxylic acids is 1. The Morgan fingerprint density at radius 1 is 1.00 bits per heavy atom. The fourth-order valence-corrected chi connectivity index (χ4v) is 2.74. The van der Waals surface area contributed by atoms with Gasteiger partial charge >= 0.3 is 5.97 Å². The first-order chi connectivity index (χ1) is 7.72. The lowest BCUT2D eigenvalue weighted by Gasteiger charge is -2.24. The molecule has 1 unspecified atom stereocenters. The lowest BCUT2D eigenvalue weighted by atomic mass is 10.0. The normalized spacial score (nSPS) is 26.7. The van der Waals surface area contributed by atoms with Crippen LogP contribution in [0.2, 0.25) is 0 Å². The summed E-state index contributed by atoms with van der Waals surface area (Å²) in [6.45, 7) is 0.891. The second-order valence-corrected chi connectivity index (χ2v) is 5.37. The van der Waals surface area contributed by atoms with Gasteiger partial charge in [0.05, 0.1) is 0 Å². The van der Waals surface area contributed by atoms with Crippen LogP contribution in [0.25, 0.3) is 0 Å². The van der Waals surface area contributed by atoms with Crippen molar-refractivity contribution in [3.05, 3.63) is 0 Å². The third kappa shape index (κ3) is 5.27. The third-order valence-electron chi connectivity index (χ3n) is 3.33. The highest BCUT2D eigenvalue weighted by Gasteiger charge is 2.21. The van der Waals surface area contributed by atoms with Crippen molar-refractivity contribution in [2.75, 3.05) is 6.54 Å². The van der Waals surface area contributed by atoms with Crippen LogP contribution in [0.15, 0.2) is 0 Å². The number of hydrogen-bond acceptors (Lipinski definition) is 2. The molecule has 1 heterocycles. The molecule has 0 amide bonds. The smallest absolute Gasteiger partial charge is 0.321 e. The number of hydrogen-bond donors (Lipinski definition) is 1. The Kier molecular flexibility index (Phi) is 6.98. The van der Waals surface area contributed by atoms with Crippen molar-refractivity contribution in [1.29, 1.82) is 0 Å². The fraction of sp³-hybridized carbons (Fsp3) is 0.917. The molecule has 1 aliphatic heterocycles. The summed E-state index contributed by atoms with van der Waals surface area (Å²) in [7, 11) is 2.59. The van der Waals surface area contributed by atoms with Crippen molar-refractivity contribution in [2.24, 2.45) is 0 Å². The fourth-order valence-electron chi connectivity index (χ4n) is 2.28. The summed E-state index contributed by atoms with van der Waals surface area (Å²) < 4.78 is 1.93. The van der Waals surface area contributed by atoms with Crippen LogP contribution in [0.3, 0.4) is 0 Å². The largest absolute Gasteiger partial charge is 0.480 e. The molecule has 3 nitrogen and oxygen atoms in total. The van der Waals surface area contributed by atoms with E-state index in [1.165, 1.54) is 38.5 Å². The van der Waals surface area contributed by atoms with E-state index in [-0.39, 0.29) is 6.04 Å². The van der Waals surface area contributed by atoms with Crippen LogP contribution in [0, 0.1) is 0 Å². The van der Waals surface area contributed by atoms with E-state index in [1.807, 2.05) is 4.67 Å². The van der Waals surface area contributed by atoms with Gasteiger partial charge in [0.15, 0.2) is 0 Å². The minimum atomic E-state index is -0.674. The Hall–Kier alpha value is -0.140. The molecule has 0 aromatic heterocycles. The topological polar surface area (TPSA) is 40.5 Å². The molecule has 1 saturated heterocycles. The van der Waals surface area contributed by atoms with E-state index in [2.05, 4.69) is 9.39 Å². The van der Waals surface area contributed by atoms with Gasteiger partial charge in [-0.25, -0.2) is 0 Å². The Morgan fingerprint density at radius 3 is 2.06 bits per heavy atom. The molecule has 1 fully saturated rings. The molecule has 2 atom stereocenters. The van der Waals surface area contributed by atoms with Gasteiger partial charge in [0.25, 0.3) is 0 Å². The predicted octanol–water partition coefficient (Wildman–Crippen LogP) is 3.06. The molecular formula is C12H24NO2P. The lowest BCUT2D eigenvalue weighted by Crippen LogP contribution is -2.35. The van der Waals surface area contributed by atoms with Gasteiger partial charge in [0, 0.05) is 6.54 Å². The second kappa shape index (κ2) is 8.03. The highest BCUT2D eigenvalue weighted by atomic mass is 31.0. The molecule has 0 aromatic rings. The monoisotopic (exact) mass is 245 g/mol. The van der Waals surface area contributed by atoms with Crippen LogP contribution < -0.4 is 0 Å². The first-order valence-electron chi connectivity index (χ1n) is 6.46. The molecule has 0 bridgehead atoms. The van der Waals surface area contributed by atoms with Gasteiger partial charge in [-0.05, 0) is 12.8 Å². The summed E-state index contributed by atoms with van der Waals surface area (Å²) in [6.07, 6.45) is 10.6. The number of carboxylic acid groups (broad SMARTS) is 1. The lowest BCUT2D eigenvalue weighted by molar-refractivity contribution is -0.141. The number of carbonyl (C=O) groups is 1. The maximum Gasteiger partial charge on any atom is 0.321 e. The van der Waals surface area contributed by atoms with Crippen LogP contribution in [-0.2, 0) is 4.79 Å². The van der Waals surface area contributed by atoms with E-state index in [4.69, 9.17) is 5.11 Å². The van der Waals surface area contributed by atoms with Crippen molar-refractivity contribution in [2.45, 2.75) is 63.8 Å². The van der Waals surface area contributed by atoms with Crippen molar-refractivity contribution in [3.8, 4) is 0 Å². The molecule has 0 saturated carbocycles. The zero-order chi connectivity index (χ0) is 11.8. The van der Waals surface area contributed by atoms with Crippen molar-refractivity contribution < 1.29 is 9.90 Å². The predicted molar refractivity (Wildman–Crippen MR) is 69.4 cm³/mol. The molecule has 0 spiro atoms. The number of rotatable bonds is 1. The summed E-state index contributed by atoms with van der Waals surface area (Å²) in [5.74, 6) is -0.674. The first kappa shape index (κ1) is 13.9. The van der Waals surface area contributed by atoms with E-state index in [9.17, 15) is 4.79 Å². The number of nitrogens with zero attached hydrogens (tertiary/aromatic N) is 1. The first-order valence-corrected chi connectivity index (χ1v) is 6.97. The molecule has 1 rings (SSSR count). The quantitative estimate of drug-likeness (QED) is 0.722. The maximum absolute atomic E-state index is 11.1. The Labute approximate surface area is 101 Å². The zero-order valence-electron chi connectivity index (χ0n) is 10.0. The molecule has 1 aliphatic rings. The minimum absolute atomic E-state index is 0.301. The van der Waals surface area contributed by atoms with Gasteiger partial charge in [0.1, 0.15) is 6.04 Å². The average molecular weight is 245 g/mol. The molecule has 4 heteroatoms. The van der Waals surface area contributed by atoms with Crippen molar-refractivity contribution in [3.63, 3.8) is 0 Å². The molecule has 1 N–H and O–H groups in total. The molecule has 0 radical (unpaired) electrons. The average Bonchev–Trinajstić information content (AvgIpc) is 2.22. The summed E-state index contributed by atoms with van der Waals surface area (Å²) in [6, 6.07) is -0.301. The third-order valence-corrected chi connectivity index (χ3v) is 3.95. The summed E-state index contributed by atoms with van der Waals surface area (Å²) in [4.78, 5) is 11.1. The van der Waals surface area contributed by atoms with Crippen molar-refractivity contribution in [1.82, 2.24) is 4.67 Å². The van der Waals surface area contributed by atoms with E-state index >= 15 is 0 Å². The van der Waals surface area contributed by atoms with E-state index in [1.54, 1.807) is 0 Å². The Bertz CT molecular complexity index is 211. The Balaban J connectivity index is 2.43. The van der Waals surface area contributed by atoms with Gasteiger partial charge in [-0.1, -0.05) is 54.3 Å². The van der Waals surface area contributed by atoms with Gasteiger partial charge in [0.2, 0.25) is 0 Å². The molecule has 0 aliphatic carbocycles. The van der Waals surface area contributed by atoms with Gasteiger partial charge in [-0.2, -0.15) is 0 Å². The van der Waals surface area contributed by atoms with Gasteiger partial charge in [-0.15, -0.1) is 0 Å². The van der Waals surface area contributed by atoms with Gasteiger partial charge in [-0.3, -0.25) is 9.46 Å². The van der Waals surface area contributed by atoms with Crippen LogP contribution >= 0.6 is 9.39 Å². The molecule has 0 aromatic carbocycles. The maximum atomic E-state index is 11.1. The zero-order valence-corrected chi connectivity index (χ0v) is 11.2. The van der Waals surface area contributed by atoms with Crippen LogP contribution in [-0.4, -0.2) is 28.3 Å². The van der Waals surface area contributed by atoms with Crippen molar-refractivity contribution >= 4 is 15.4 Å². The van der Waals surface area contributed by atoms with E-state index < -0.39 is 5.97 Å². The number of carboxylic acids is 1. The SMILES string of the molecule is O=C(O)[C@@H]1CCCCCCCCCCN1P. The van der Waals surface area contributed by atoms with Crippen LogP contribution in [0.5, 0.6) is 0 Å². The van der Waals surface area contributed by atoms with Gasteiger partial charge < -0.3 is 5.11 Å². The summed E-state index contributed by atoms with van der Waals surface area (Å²) in [5, 5.41) is 9.16. The van der Waals surface area contributed by atoms with Crippen LogP contribution in [0.4, 0.5) is 0 Å². The second-order valence-electron chi connectivity index (χ2n) is 4.71. The van der Waals surface area contributed by atoms with E-state index in [0.29, 0.717) is 0 Å².